The third kappa shape index (κ3) is 50.9. The van der Waals surface area contributed by atoms with Gasteiger partial charge in [-0.3, -0.25) is 0 Å². The smallest absolute Gasteiger partial charge is 0.410 e. The van der Waals surface area contributed by atoms with Crippen molar-refractivity contribution >= 4 is 6.09 Å². The van der Waals surface area contributed by atoms with Crippen molar-refractivity contribution in [1.82, 2.24) is 9.80 Å². The van der Waals surface area contributed by atoms with Gasteiger partial charge in [0, 0.05) is 13.1 Å². The molecule has 0 spiro atoms. The van der Waals surface area contributed by atoms with Crippen molar-refractivity contribution in [3.8, 4) is 0 Å². The van der Waals surface area contributed by atoms with Crippen molar-refractivity contribution in [2.75, 3.05) is 33.7 Å². The highest BCUT2D eigenvalue weighted by Crippen LogP contribution is 2.19. The monoisotopic (exact) mass is 905 g/mol. The lowest BCUT2D eigenvalue weighted by Gasteiger charge is -2.26. The maximum absolute atomic E-state index is 13.8. The fourth-order valence-corrected chi connectivity index (χ4v) is 8.36. The first-order valence-electron chi connectivity index (χ1n) is 28.5. The van der Waals surface area contributed by atoms with Gasteiger partial charge in [-0.25, -0.2) is 4.79 Å². The van der Waals surface area contributed by atoms with Gasteiger partial charge in [-0.05, 0) is 155 Å². The summed E-state index contributed by atoms with van der Waals surface area (Å²) in [6.45, 7) is 9.42. The van der Waals surface area contributed by atoms with Crippen LogP contribution in [0.4, 0.5) is 4.79 Å². The number of carbonyl (C=O) groups is 1. The minimum atomic E-state index is -0.0589. The Morgan fingerprint density at radius 1 is 0.354 bits per heavy atom. The van der Waals surface area contributed by atoms with Gasteiger partial charge in [-0.15, -0.1) is 0 Å². The second-order valence-corrected chi connectivity index (χ2v) is 19.5. The van der Waals surface area contributed by atoms with E-state index in [1.54, 1.807) is 0 Å². The van der Waals surface area contributed by atoms with E-state index < -0.39 is 0 Å². The van der Waals surface area contributed by atoms with Crippen molar-refractivity contribution in [2.24, 2.45) is 0 Å². The van der Waals surface area contributed by atoms with Gasteiger partial charge >= 0.3 is 6.09 Å². The molecule has 0 aliphatic heterocycles. The summed E-state index contributed by atoms with van der Waals surface area (Å²) < 4.78 is 6.44. The molecule has 4 nitrogen and oxygen atoms in total. The minimum absolute atomic E-state index is 0.0476. The zero-order chi connectivity index (χ0) is 47.2. The number of unbranched alkanes of at least 4 members (excludes halogenated alkanes) is 27. The van der Waals surface area contributed by atoms with Gasteiger partial charge in [0.2, 0.25) is 0 Å². The zero-order valence-corrected chi connectivity index (χ0v) is 44.4. The molecule has 0 bridgehead atoms. The molecule has 0 rings (SSSR count). The standard InChI is InChI=1S/C61H112N2O2/c1-6-9-12-15-18-21-24-27-30-33-36-39-42-45-48-51-55-60(56-52-49-46-43-40-37-34-31-28-25-22-19-16-13-10-7-2)65-61(64)63(59-54-57-62(4)5)58-53-50-47-44-41-38-35-32-29-26-23-20-17-14-11-8-3/h18-23,27-32,60H,6-17,24-26,33-59H2,1-5H3/b21-18+,22-19+,23-20+,30-27+,31-28+,32-29+. The molecule has 0 aliphatic rings. The fourth-order valence-electron chi connectivity index (χ4n) is 8.36. The lowest BCUT2D eigenvalue weighted by atomic mass is 10.0. The van der Waals surface area contributed by atoms with Crippen molar-refractivity contribution in [3.63, 3.8) is 0 Å². The van der Waals surface area contributed by atoms with Gasteiger partial charge in [0.1, 0.15) is 6.10 Å². The van der Waals surface area contributed by atoms with Crippen molar-refractivity contribution in [1.29, 1.82) is 0 Å². The number of hydrogen-bond acceptors (Lipinski definition) is 3. The normalized spacial score (nSPS) is 12.5. The third-order valence-corrected chi connectivity index (χ3v) is 12.6. The molecule has 0 saturated heterocycles. The Bertz CT molecular complexity index is 1080. The topological polar surface area (TPSA) is 32.8 Å². The van der Waals surface area contributed by atoms with Crippen LogP contribution in [0.3, 0.4) is 0 Å². The lowest BCUT2D eigenvalue weighted by molar-refractivity contribution is 0.0513. The summed E-state index contributed by atoms with van der Waals surface area (Å²) in [6.07, 6.45) is 76.3. The van der Waals surface area contributed by atoms with Crippen LogP contribution in [0.25, 0.3) is 0 Å². The summed E-state index contributed by atoms with van der Waals surface area (Å²) in [5.41, 5.74) is 0. The van der Waals surface area contributed by atoms with Gasteiger partial charge in [-0.2, -0.15) is 0 Å². The summed E-state index contributed by atoms with van der Waals surface area (Å²) in [5.74, 6) is 0. The third-order valence-electron chi connectivity index (χ3n) is 12.6. The van der Waals surface area contributed by atoms with Crippen LogP contribution in [-0.2, 0) is 4.74 Å². The minimum Gasteiger partial charge on any atom is -0.446 e. The number of ether oxygens (including phenoxy) is 1. The molecule has 4 heteroatoms. The summed E-state index contributed by atoms with van der Waals surface area (Å²) >= 11 is 0. The molecule has 0 saturated carbocycles. The predicted molar refractivity (Wildman–Crippen MR) is 292 cm³/mol. The number of hydrogen-bond donors (Lipinski definition) is 0. The molecule has 378 valence electrons. The molecule has 0 N–H and O–H groups in total. The van der Waals surface area contributed by atoms with E-state index in [2.05, 4.69) is 118 Å². The summed E-state index contributed by atoms with van der Waals surface area (Å²) in [5, 5.41) is 0. The van der Waals surface area contributed by atoms with Crippen molar-refractivity contribution in [3.05, 3.63) is 72.9 Å². The quantitative estimate of drug-likeness (QED) is 0.0450. The highest BCUT2D eigenvalue weighted by Gasteiger charge is 2.20. The zero-order valence-electron chi connectivity index (χ0n) is 44.4. The van der Waals surface area contributed by atoms with Crippen LogP contribution in [0, 0.1) is 0 Å². The SMILES string of the molecule is CCCCC/C=C/C/C=C/CCCCCCCCC(CCCCCCCC/C=C/C/C=C/CCCCC)OC(=O)N(CCCCCCCC/C=C/C/C=C/CCCCC)CCCN(C)C. The molecule has 0 aromatic heterocycles. The summed E-state index contributed by atoms with van der Waals surface area (Å²) in [7, 11) is 4.25. The van der Waals surface area contributed by atoms with Crippen LogP contribution in [0.5, 0.6) is 0 Å². The van der Waals surface area contributed by atoms with E-state index in [0.29, 0.717) is 0 Å². The Labute approximate surface area is 407 Å². The number of rotatable bonds is 50. The average molecular weight is 906 g/mol. The van der Waals surface area contributed by atoms with Crippen LogP contribution in [0.1, 0.15) is 271 Å². The van der Waals surface area contributed by atoms with E-state index in [0.717, 1.165) is 77.4 Å². The molecule has 1 amide bonds. The predicted octanol–water partition coefficient (Wildman–Crippen LogP) is 20.0. The molecular weight excluding hydrogens is 793 g/mol. The molecule has 0 aromatic rings. The largest absolute Gasteiger partial charge is 0.446 e. The van der Waals surface area contributed by atoms with Gasteiger partial charge in [-0.1, -0.05) is 209 Å². The second-order valence-electron chi connectivity index (χ2n) is 19.5. The summed E-state index contributed by atoms with van der Waals surface area (Å²) in [6, 6.07) is 0. The molecule has 0 atom stereocenters. The second kappa shape index (κ2) is 54.3. The molecule has 0 unspecified atom stereocenters. The van der Waals surface area contributed by atoms with Crippen molar-refractivity contribution in [2.45, 2.75) is 277 Å². The molecular formula is C61H112N2O2. The number of amides is 1. The van der Waals surface area contributed by atoms with E-state index >= 15 is 0 Å². The highest BCUT2D eigenvalue weighted by molar-refractivity contribution is 5.67. The van der Waals surface area contributed by atoms with Gasteiger partial charge in [0.15, 0.2) is 0 Å². The number of carbonyl (C=O) groups excluding carboxylic acids is 1. The molecule has 65 heavy (non-hydrogen) atoms. The first-order chi connectivity index (χ1) is 32.0. The van der Waals surface area contributed by atoms with Crippen LogP contribution in [-0.4, -0.2) is 55.7 Å². The Balaban J connectivity index is 4.79. The summed E-state index contributed by atoms with van der Waals surface area (Å²) in [4.78, 5) is 18.1. The Hall–Kier alpha value is -2.33. The molecule has 0 heterocycles. The number of nitrogens with zero attached hydrogens (tertiary/aromatic N) is 2. The average Bonchev–Trinajstić information content (AvgIpc) is 3.30. The lowest BCUT2D eigenvalue weighted by Crippen LogP contribution is -2.37. The van der Waals surface area contributed by atoms with Gasteiger partial charge < -0.3 is 14.5 Å². The van der Waals surface area contributed by atoms with E-state index in [1.165, 1.54) is 193 Å². The van der Waals surface area contributed by atoms with Gasteiger partial charge in [0.05, 0.1) is 0 Å². The van der Waals surface area contributed by atoms with Crippen molar-refractivity contribution < 1.29 is 9.53 Å². The maximum Gasteiger partial charge on any atom is 0.410 e. The van der Waals surface area contributed by atoms with Gasteiger partial charge in [0.25, 0.3) is 0 Å². The van der Waals surface area contributed by atoms with Crippen LogP contribution in [0.15, 0.2) is 72.9 Å². The van der Waals surface area contributed by atoms with E-state index in [9.17, 15) is 4.79 Å². The Morgan fingerprint density at radius 2 is 0.646 bits per heavy atom. The molecule has 0 aromatic carbocycles. The maximum atomic E-state index is 13.8. The first kappa shape index (κ1) is 62.7. The van der Waals surface area contributed by atoms with E-state index in [-0.39, 0.29) is 12.2 Å². The number of allylic oxidation sites excluding steroid dienone is 12. The molecule has 0 radical (unpaired) electrons. The highest BCUT2D eigenvalue weighted by atomic mass is 16.6. The van der Waals surface area contributed by atoms with Crippen LogP contribution in [0.2, 0.25) is 0 Å². The molecule has 0 aliphatic carbocycles. The Morgan fingerprint density at radius 3 is 0.985 bits per heavy atom. The molecule has 0 fully saturated rings. The van der Waals surface area contributed by atoms with Crippen LogP contribution < -0.4 is 0 Å². The Kier molecular flexibility index (Phi) is 52.3. The fraction of sp³-hybridized carbons (Fsp3) is 0.787. The van der Waals surface area contributed by atoms with E-state index in [4.69, 9.17) is 4.74 Å². The first-order valence-corrected chi connectivity index (χ1v) is 28.5. The van der Waals surface area contributed by atoms with Crippen LogP contribution >= 0.6 is 0 Å². The van der Waals surface area contributed by atoms with E-state index in [1.807, 2.05) is 0 Å².